The van der Waals surface area contributed by atoms with Crippen molar-refractivity contribution < 1.29 is 4.79 Å². The van der Waals surface area contributed by atoms with Crippen LogP contribution < -0.4 is 0 Å². The molecular formula is C19H20BrN3OS. The molecule has 0 bridgehead atoms. The summed E-state index contributed by atoms with van der Waals surface area (Å²) in [6, 6.07) is 16.0. The van der Waals surface area contributed by atoms with Crippen LogP contribution in [-0.4, -0.2) is 33.6 Å². The molecule has 3 aromatic rings. The Hall–Kier alpha value is -1.79. The fourth-order valence-electron chi connectivity index (χ4n) is 2.50. The number of H-pyrrole nitrogens is 1. The van der Waals surface area contributed by atoms with E-state index in [1.165, 1.54) is 0 Å². The standard InChI is InChI=1S/C19H20BrN3OS/c1-13(19-21-16-5-3-4-6-17(16)22-19)25-12-18(24)23(2)11-14-7-9-15(20)10-8-14/h3-10,13H,11-12H2,1-2H3,(H,21,22). The first-order valence-electron chi connectivity index (χ1n) is 8.07. The van der Waals surface area contributed by atoms with E-state index in [0.29, 0.717) is 12.3 Å². The van der Waals surface area contributed by atoms with Gasteiger partial charge in [-0.2, -0.15) is 0 Å². The van der Waals surface area contributed by atoms with Gasteiger partial charge in [0.05, 0.1) is 22.0 Å². The molecule has 0 saturated heterocycles. The van der Waals surface area contributed by atoms with Crippen LogP contribution in [0, 0.1) is 0 Å². The number of rotatable bonds is 6. The molecule has 1 aromatic heterocycles. The Balaban J connectivity index is 1.54. The monoisotopic (exact) mass is 417 g/mol. The number of aromatic amines is 1. The van der Waals surface area contributed by atoms with Crippen molar-refractivity contribution in [1.82, 2.24) is 14.9 Å². The number of para-hydroxylation sites is 2. The molecule has 0 radical (unpaired) electrons. The van der Waals surface area contributed by atoms with E-state index < -0.39 is 0 Å². The number of hydrogen-bond acceptors (Lipinski definition) is 3. The highest BCUT2D eigenvalue weighted by atomic mass is 79.9. The summed E-state index contributed by atoms with van der Waals surface area (Å²) in [4.78, 5) is 22.1. The van der Waals surface area contributed by atoms with Crippen LogP contribution in [0.25, 0.3) is 11.0 Å². The Labute approximate surface area is 160 Å². The summed E-state index contributed by atoms with van der Waals surface area (Å²) >= 11 is 5.03. The number of nitrogens with zero attached hydrogens (tertiary/aromatic N) is 2. The van der Waals surface area contributed by atoms with Crippen LogP contribution in [0.15, 0.2) is 53.0 Å². The summed E-state index contributed by atoms with van der Waals surface area (Å²) in [5, 5.41) is 0.137. The first-order valence-corrected chi connectivity index (χ1v) is 9.92. The highest BCUT2D eigenvalue weighted by Gasteiger charge is 2.15. The van der Waals surface area contributed by atoms with Crippen LogP contribution in [0.3, 0.4) is 0 Å². The molecule has 130 valence electrons. The highest BCUT2D eigenvalue weighted by Crippen LogP contribution is 2.27. The summed E-state index contributed by atoms with van der Waals surface area (Å²) in [6.07, 6.45) is 0. The van der Waals surface area contributed by atoms with E-state index >= 15 is 0 Å². The van der Waals surface area contributed by atoms with Crippen molar-refractivity contribution in [3.63, 3.8) is 0 Å². The Kier molecular flexibility index (Phi) is 5.81. The molecule has 1 atom stereocenters. The third-order valence-electron chi connectivity index (χ3n) is 4.01. The Bertz CT molecular complexity index is 829. The fourth-order valence-corrected chi connectivity index (χ4v) is 3.65. The zero-order valence-electron chi connectivity index (χ0n) is 14.2. The second-order valence-electron chi connectivity index (χ2n) is 5.97. The number of thioether (sulfide) groups is 1. The van der Waals surface area contributed by atoms with Crippen LogP contribution in [0.2, 0.25) is 0 Å². The van der Waals surface area contributed by atoms with Crippen molar-refractivity contribution >= 4 is 44.6 Å². The third kappa shape index (κ3) is 4.64. The number of fused-ring (bicyclic) bond motifs is 1. The van der Waals surface area contributed by atoms with Gasteiger partial charge in [0.1, 0.15) is 5.82 Å². The second kappa shape index (κ2) is 8.06. The van der Waals surface area contributed by atoms with E-state index in [0.717, 1.165) is 26.9 Å². The zero-order chi connectivity index (χ0) is 17.8. The molecule has 1 unspecified atom stereocenters. The molecule has 1 heterocycles. The molecule has 0 fully saturated rings. The maximum Gasteiger partial charge on any atom is 0.232 e. The Morgan fingerprint density at radius 2 is 1.96 bits per heavy atom. The number of carbonyl (C=O) groups is 1. The predicted octanol–water partition coefficient (Wildman–Crippen LogP) is 4.78. The molecule has 0 spiro atoms. The van der Waals surface area contributed by atoms with E-state index in [-0.39, 0.29) is 11.2 Å². The summed E-state index contributed by atoms with van der Waals surface area (Å²) in [5.74, 6) is 1.47. The number of nitrogens with one attached hydrogen (secondary N) is 1. The molecule has 0 aliphatic rings. The average Bonchev–Trinajstić information content (AvgIpc) is 3.05. The van der Waals surface area contributed by atoms with Gasteiger partial charge in [0.15, 0.2) is 0 Å². The maximum absolute atomic E-state index is 12.4. The van der Waals surface area contributed by atoms with Crippen LogP contribution in [0.4, 0.5) is 0 Å². The third-order valence-corrected chi connectivity index (χ3v) is 5.67. The van der Waals surface area contributed by atoms with Crippen molar-refractivity contribution in [2.75, 3.05) is 12.8 Å². The number of imidazole rings is 1. The summed E-state index contributed by atoms with van der Waals surface area (Å²) in [5.41, 5.74) is 3.11. The van der Waals surface area contributed by atoms with Crippen LogP contribution in [0.1, 0.15) is 23.6 Å². The van der Waals surface area contributed by atoms with Gasteiger partial charge in [0.2, 0.25) is 5.91 Å². The lowest BCUT2D eigenvalue weighted by atomic mass is 10.2. The van der Waals surface area contributed by atoms with E-state index in [1.54, 1.807) is 16.7 Å². The second-order valence-corrected chi connectivity index (χ2v) is 8.21. The molecule has 2 aromatic carbocycles. The van der Waals surface area contributed by atoms with Crippen molar-refractivity contribution in [3.05, 3.63) is 64.4 Å². The first kappa shape index (κ1) is 18.0. The number of aromatic nitrogens is 2. The lowest BCUT2D eigenvalue weighted by molar-refractivity contribution is -0.127. The quantitative estimate of drug-likeness (QED) is 0.627. The number of halogens is 1. The van der Waals surface area contributed by atoms with Crippen molar-refractivity contribution in [1.29, 1.82) is 0 Å². The molecule has 4 nitrogen and oxygen atoms in total. The van der Waals surface area contributed by atoms with E-state index in [4.69, 9.17) is 0 Å². The largest absolute Gasteiger partial charge is 0.341 e. The van der Waals surface area contributed by atoms with Gasteiger partial charge < -0.3 is 9.88 Å². The van der Waals surface area contributed by atoms with Gasteiger partial charge in [-0.05, 0) is 36.8 Å². The van der Waals surface area contributed by atoms with Gasteiger partial charge in [0, 0.05) is 18.1 Å². The van der Waals surface area contributed by atoms with Crippen LogP contribution in [-0.2, 0) is 11.3 Å². The molecule has 0 saturated carbocycles. The molecule has 6 heteroatoms. The van der Waals surface area contributed by atoms with E-state index in [1.807, 2.05) is 55.6 Å². The van der Waals surface area contributed by atoms with E-state index in [2.05, 4.69) is 32.8 Å². The molecular weight excluding hydrogens is 398 g/mol. The summed E-state index contributed by atoms with van der Waals surface area (Å²) < 4.78 is 1.04. The SMILES string of the molecule is CC(SCC(=O)N(C)Cc1ccc(Br)cc1)c1nc2ccccc2[nH]1. The van der Waals surface area contributed by atoms with Crippen LogP contribution >= 0.6 is 27.7 Å². The van der Waals surface area contributed by atoms with Gasteiger partial charge in [-0.15, -0.1) is 11.8 Å². The summed E-state index contributed by atoms with van der Waals surface area (Å²) in [6.45, 7) is 2.69. The molecule has 3 rings (SSSR count). The molecule has 0 aliphatic carbocycles. The van der Waals surface area contributed by atoms with Crippen LogP contribution in [0.5, 0.6) is 0 Å². The van der Waals surface area contributed by atoms with Crippen molar-refractivity contribution in [2.45, 2.75) is 18.7 Å². The minimum absolute atomic E-state index is 0.121. The number of hydrogen-bond donors (Lipinski definition) is 1. The van der Waals surface area contributed by atoms with Gasteiger partial charge in [-0.3, -0.25) is 4.79 Å². The number of amides is 1. The van der Waals surface area contributed by atoms with Gasteiger partial charge in [-0.25, -0.2) is 4.98 Å². The molecule has 1 N–H and O–H groups in total. The lowest BCUT2D eigenvalue weighted by Gasteiger charge is -2.18. The maximum atomic E-state index is 12.4. The number of benzene rings is 2. The predicted molar refractivity (Wildman–Crippen MR) is 108 cm³/mol. The average molecular weight is 418 g/mol. The van der Waals surface area contributed by atoms with Gasteiger partial charge in [0.25, 0.3) is 0 Å². The Morgan fingerprint density at radius 3 is 2.68 bits per heavy atom. The first-order chi connectivity index (χ1) is 12.0. The topological polar surface area (TPSA) is 49.0 Å². The highest BCUT2D eigenvalue weighted by molar-refractivity contribution is 9.10. The molecule has 0 aliphatic heterocycles. The number of carbonyl (C=O) groups excluding carboxylic acids is 1. The zero-order valence-corrected chi connectivity index (χ0v) is 16.6. The fraction of sp³-hybridized carbons (Fsp3) is 0.263. The van der Waals surface area contributed by atoms with Crippen molar-refractivity contribution in [2.24, 2.45) is 0 Å². The van der Waals surface area contributed by atoms with Gasteiger partial charge in [-0.1, -0.05) is 40.2 Å². The molecule has 25 heavy (non-hydrogen) atoms. The normalized spacial score (nSPS) is 12.3. The minimum Gasteiger partial charge on any atom is -0.341 e. The van der Waals surface area contributed by atoms with Crippen molar-refractivity contribution in [3.8, 4) is 0 Å². The summed E-state index contributed by atoms with van der Waals surface area (Å²) in [7, 11) is 1.84. The Morgan fingerprint density at radius 1 is 1.24 bits per heavy atom. The van der Waals surface area contributed by atoms with Gasteiger partial charge >= 0.3 is 0 Å². The smallest absolute Gasteiger partial charge is 0.232 e. The minimum atomic E-state index is 0.121. The molecule has 1 amide bonds. The van der Waals surface area contributed by atoms with E-state index in [9.17, 15) is 4.79 Å². The lowest BCUT2D eigenvalue weighted by Crippen LogP contribution is -2.28.